The van der Waals surface area contributed by atoms with Gasteiger partial charge >= 0.3 is 0 Å². The van der Waals surface area contributed by atoms with Crippen LogP contribution in [0.15, 0.2) is 65.8 Å². The number of aromatic nitrogens is 1. The fourth-order valence-corrected chi connectivity index (χ4v) is 2.78. The number of hydrogen-bond donors (Lipinski definition) is 1. The molecule has 0 spiro atoms. The molecule has 3 aromatic rings. The topological polar surface area (TPSA) is 37.3 Å². The van der Waals surface area contributed by atoms with Crippen molar-refractivity contribution in [2.45, 2.75) is 12.8 Å². The number of aryl methyl sites for hydroxylation is 1. The predicted molar refractivity (Wildman–Crippen MR) is 88.8 cm³/mol. The highest BCUT2D eigenvalue weighted by atomic mass is 15.3. The Morgan fingerprint density at radius 3 is 2.76 bits per heavy atom. The lowest BCUT2D eigenvalue weighted by molar-refractivity contribution is 1.09. The van der Waals surface area contributed by atoms with Gasteiger partial charge in [0.1, 0.15) is 5.82 Å². The van der Waals surface area contributed by atoms with Crippen molar-refractivity contribution >= 4 is 22.4 Å². The summed E-state index contributed by atoms with van der Waals surface area (Å²) in [6.45, 7) is 0. The van der Waals surface area contributed by atoms with Gasteiger partial charge in [-0.2, -0.15) is 5.10 Å². The van der Waals surface area contributed by atoms with Crippen LogP contribution in [0.1, 0.15) is 19.0 Å². The number of pyridine rings is 1. The molecular weight excluding hydrogens is 258 g/mol. The molecule has 0 radical (unpaired) electrons. The lowest BCUT2D eigenvalue weighted by Crippen LogP contribution is -2.01. The van der Waals surface area contributed by atoms with Crippen LogP contribution >= 0.6 is 0 Å². The van der Waals surface area contributed by atoms with Gasteiger partial charge < -0.3 is 0 Å². The molecular formula is C18H17N3. The zero-order valence-electron chi connectivity index (χ0n) is 11.6. The van der Waals surface area contributed by atoms with E-state index >= 15 is 0 Å². The first kappa shape index (κ1) is 12.1. The third-order valence-electron chi connectivity index (χ3n) is 3.86. The highest BCUT2D eigenvalue weighted by Crippen LogP contribution is 2.22. The van der Waals surface area contributed by atoms with E-state index in [0.717, 1.165) is 35.3 Å². The number of benzene rings is 2. The summed E-state index contributed by atoms with van der Waals surface area (Å²) in [5, 5.41) is 5.69. The molecule has 1 aliphatic rings. The number of hydrogen-bond acceptors (Lipinski definition) is 3. The number of fused-ring (bicyclic) bond motifs is 2. The van der Waals surface area contributed by atoms with Crippen molar-refractivity contribution in [3.05, 3.63) is 71.8 Å². The largest absolute Gasteiger partial charge is 0.261 e. The number of anilines is 1. The molecule has 1 N–H and O–H groups in total. The van der Waals surface area contributed by atoms with E-state index in [0.29, 0.717) is 0 Å². The number of nitrogens with zero attached hydrogens (tertiary/aromatic N) is 2. The first-order valence-electron chi connectivity index (χ1n) is 7.17. The van der Waals surface area contributed by atoms with Crippen molar-refractivity contribution < 1.29 is 1.43 Å². The molecule has 0 saturated carbocycles. The van der Waals surface area contributed by atoms with Gasteiger partial charge in [0.25, 0.3) is 0 Å². The fraction of sp³-hybridized carbons (Fsp3) is 0.111. The SMILES string of the molecule is [HH].c1ccc2c(c1)CC/C2=N\Nc1ccc2ccccc2n1. The van der Waals surface area contributed by atoms with Gasteiger partial charge in [0.05, 0.1) is 11.2 Å². The summed E-state index contributed by atoms with van der Waals surface area (Å²) in [5.74, 6) is 0.783. The van der Waals surface area contributed by atoms with Crippen molar-refractivity contribution in [1.82, 2.24) is 4.98 Å². The summed E-state index contributed by atoms with van der Waals surface area (Å²) in [4.78, 5) is 4.57. The highest BCUT2D eigenvalue weighted by Gasteiger charge is 2.16. The van der Waals surface area contributed by atoms with Crippen molar-refractivity contribution in [3.63, 3.8) is 0 Å². The van der Waals surface area contributed by atoms with E-state index < -0.39 is 0 Å². The molecule has 4 rings (SSSR count). The predicted octanol–water partition coefficient (Wildman–Crippen LogP) is 4.24. The molecule has 0 fully saturated rings. The maximum atomic E-state index is 4.57. The molecule has 0 bridgehead atoms. The molecule has 104 valence electrons. The second kappa shape index (κ2) is 5.02. The fourth-order valence-electron chi connectivity index (χ4n) is 2.78. The van der Waals surface area contributed by atoms with Gasteiger partial charge in [-0.3, -0.25) is 5.43 Å². The Morgan fingerprint density at radius 2 is 1.76 bits per heavy atom. The standard InChI is InChI=1S/C18H15N3.H2/c1-3-7-15-13(5-1)9-11-17(15)20-21-18-12-10-14-6-2-4-8-16(14)19-18;/h1-8,10,12H,9,11H2,(H,19,21);1H/b20-17+;. The van der Waals surface area contributed by atoms with Crippen LogP contribution in [-0.2, 0) is 6.42 Å². The van der Waals surface area contributed by atoms with Crippen LogP contribution in [0.3, 0.4) is 0 Å². The monoisotopic (exact) mass is 275 g/mol. The molecule has 2 aromatic carbocycles. The molecule has 0 unspecified atom stereocenters. The molecule has 0 atom stereocenters. The molecule has 21 heavy (non-hydrogen) atoms. The van der Waals surface area contributed by atoms with Gasteiger partial charge in [-0.05, 0) is 36.6 Å². The lowest BCUT2D eigenvalue weighted by Gasteiger charge is -2.04. The summed E-state index contributed by atoms with van der Waals surface area (Å²) < 4.78 is 0. The Kier molecular flexibility index (Phi) is 2.89. The summed E-state index contributed by atoms with van der Waals surface area (Å²) in [6.07, 6.45) is 2.06. The van der Waals surface area contributed by atoms with Crippen molar-refractivity contribution in [1.29, 1.82) is 0 Å². The summed E-state index contributed by atoms with van der Waals surface area (Å²) in [6, 6.07) is 20.6. The van der Waals surface area contributed by atoms with E-state index in [2.05, 4.69) is 51.9 Å². The van der Waals surface area contributed by atoms with Crippen LogP contribution in [0.25, 0.3) is 10.9 Å². The van der Waals surface area contributed by atoms with Crippen LogP contribution < -0.4 is 5.43 Å². The Morgan fingerprint density at radius 1 is 0.905 bits per heavy atom. The van der Waals surface area contributed by atoms with Crippen LogP contribution in [0.5, 0.6) is 0 Å². The van der Waals surface area contributed by atoms with E-state index in [-0.39, 0.29) is 1.43 Å². The number of nitrogens with one attached hydrogen (secondary N) is 1. The van der Waals surface area contributed by atoms with E-state index in [1.54, 1.807) is 0 Å². The van der Waals surface area contributed by atoms with Crippen LogP contribution in [-0.4, -0.2) is 10.7 Å². The van der Waals surface area contributed by atoms with Gasteiger partial charge in [0.2, 0.25) is 0 Å². The maximum absolute atomic E-state index is 4.57. The third kappa shape index (κ3) is 2.27. The minimum Gasteiger partial charge on any atom is -0.261 e. The van der Waals surface area contributed by atoms with Crippen molar-refractivity contribution in [2.75, 3.05) is 5.43 Å². The van der Waals surface area contributed by atoms with Gasteiger partial charge in [-0.1, -0.05) is 42.5 Å². The zero-order valence-corrected chi connectivity index (χ0v) is 11.6. The van der Waals surface area contributed by atoms with Gasteiger partial charge in [-0.25, -0.2) is 4.98 Å². The third-order valence-corrected chi connectivity index (χ3v) is 3.86. The normalized spacial score (nSPS) is 15.3. The minimum atomic E-state index is 0. The molecule has 0 amide bonds. The van der Waals surface area contributed by atoms with E-state index in [9.17, 15) is 0 Å². The first-order valence-corrected chi connectivity index (χ1v) is 7.17. The van der Waals surface area contributed by atoms with Crippen LogP contribution in [0, 0.1) is 0 Å². The van der Waals surface area contributed by atoms with Crippen LogP contribution in [0.4, 0.5) is 5.82 Å². The quantitative estimate of drug-likeness (QED) is 0.710. The highest BCUT2D eigenvalue weighted by molar-refractivity contribution is 6.04. The Bertz CT molecular complexity index is 842. The Labute approximate surface area is 124 Å². The molecule has 1 aromatic heterocycles. The maximum Gasteiger partial charge on any atom is 0.146 e. The van der Waals surface area contributed by atoms with E-state index in [4.69, 9.17) is 0 Å². The van der Waals surface area contributed by atoms with Crippen LogP contribution in [0.2, 0.25) is 0 Å². The molecule has 0 saturated heterocycles. The van der Waals surface area contributed by atoms with Crippen molar-refractivity contribution in [2.24, 2.45) is 5.10 Å². The first-order chi connectivity index (χ1) is 10.4. The van der Waals surface area contributed by atoms with E-state index in [1.165, 1.54) is 11.1 Å². The van der Waals surface area contributed by atoms with Gasteiger partial charge in [0.15, 0.2) is 0 Å². The smallest absolute Gasteiger partial charge is 0.146 e. The molecule has 3 heteroatoms. The molecule has 1 heterocycles. The van der Waals surface area contributed by atoms with Gasteiger partial charge in [-0.15, -0.1) is 0 Å². The summed E-state index contributed by atoms with van der Waals surface area (Å²) in [7, 11) is 0. The Balaban J connectivity index is 0.00000144. The Hall–Kier alpha value is -2.68. The average molecular weight is 275 g/mol. The lowest BCUT2D eigenvalue weighted by atomic mass is 10.1. The molecule has 3 nitrogen and oxygen atoms in total. The van der Waals surface area contributed by atoms with E-state index in [1.807, 2.05) is 24.3 Å². The molecule has 1 aliphatic carbocycles. The number of hydrazone groups is 1. The number of rotatable bonds is 2. The second-order valence-electron chi connectivity index (χ2n) is 5.22. The van der Waals surface area contributed by atoms with Crippen molar-refractivity contribution in [3.8, 4) is 0 Å². The zero-order chi connectivity index (χ0) is 14.1. The van der Waals surface area contributed by atoms with Gasteiger partial charge in [0, 0.05) is 12.4 Å². The minimum absolute atomic E-state index is 0. The number of para-hydroxylation sites is 1. The second-order valence-corrected chi connectivity index (χ2v) is 5.22. The summed E-state index contributed by atoms with van der Waals surface area (Å²) in [5.41, 5.74) is 7.82. The average Bonchev–Trinajstić information content (AvgIpc) is 2.96. The molecule has 0 aliphatic heterocycles. The summed E-state index contributed by atoms with van der Waals surface area (Å²) >= 11 is 0.